The molecule has 1 aromatic rings. The molecular weight excluding hydrogens is 339 g/mol. The predicted octanol–water partition coefficient (Wildman–Crippen LogP) is 3.75. The second-order valence-electron chi connectivity index (χ2n) is 5.85. The highest BCUT2D eigenvalue weighted by Gasteiger charge is 2.31. The van der Waals surface area contributed by atoms with E-state index in [0.717, 1.165) is 43.0 Å². The number of thioether (sulfide) groups is 1. The first kappa shape index (κ1) is 16.4. The Morgan fingerprint density at radius 3 is 2.95 bits per heavy atom. The van der Waals surface area contributed by atoms with Crippen LogP contribution in [0.4, 0.5) is 0 Å². The van der Waals surface area contributed by atoms with Gasteiger partial charge in [0, 0.05) is 37.1 Å². The van der Waals surface area contributed by atoms with Gasteiger partial charge in [-0.1, -0.05) is 29.3 Å². The Balaban J connectivity index is 1.69. The van der Waals surface area contributed by atoms with Crippen LogP contribution in [0, 0.1) is 0 Å². The molecule has 1 N–H and O–H groups in total. The van der Waals surface area contributed by atoms with Crippen molar-refractivity contribution < 1.29 is 4.79 Å². The van der Waals surface area contributed by atoms with Gasteiger partial charge in [0.15, 0.2) is 0 Å². The second-order valence-corrected chi connectivity index (χ2v) is 7.81. The maximum Gasteiger partial charge on any atom is 0.224 e. The summed E-state index contributed by atoms with van der Waals surface area (Å²) in [5.41, 5.74) is 1.09. The number of hydrogen-bond acceptors (Lipinski definition) is 3. The minimum Gasteiger partial charge on any atom is -0.336 e. The predicted molar refractivity (Wildman–Crippen MR) is 93.9 cm³/mol. The van der Waals surface area contributed by atoms with Crippen LogP contribution in [-0.4, -0.2) is 41.4 Å². The van der Waals surface area contributed by atoms with E-state index in [9.17, 15) is 4.79 Å². The second kappa shape index (κ2) is 7.43. The van der Waals surface area contributed by atoms with E-state index in [1.165, 1.54) is 0 Å². The zero-order valence-electron chi connectivity index (χ0n) is 12.4. The fourth-order valence-corrected chi connectivity index (χ4v) is 4.47. The summed E-state index contributed by atoms with van der Waals surface area (Å²) in [6.07, 6.45) is 2.63. The van der Waals surface area contributed by atoms with Gasteiger partial charge in [-0.2, -0.15) is 11.8 Å². The Labute approximate surface area is 145 Å². The third-order valence-electron chi connectivity index (χ3n) is 4.32. The molecule has 22 heavy (non-hydrogen) atoms. The van der Waals surface area contributed by atoms with Crippen LogP contribution in [0.25, 0.3) is 0 Å². The van der Waals surface area contributed by atoms with Gasteiger partial charge >= 0.3 is 0 Å². The number of nitrogens with zero attached hydrogens (tertiary/aromatic N) is 1. The van der Waals surface area contributed by atoms with Crippen molar-refractivity contribution in [2.24, 2.45) is 0 Å². The molecule has 120 valence electrons. The van der Waals surface area contributed by atoms with Crippen molar-refractivity contribution in [2.75, 3.05) is 24.6 Å². The lowest BCUT2D eigenvalue weighted by Crippen LogP contribution is -2.42. The topological polar surface area (TPSA) is 32.3 Å². The fraction of sp³-hybridized carbons (Fsp3) is 0.562. The van der Waals surface area contributed by atoms with Gasteiger partial charge in [-0.15, -0.1) is 0 Å². The number of likely N-dealkylation sites (tertiary alicyclic amines) is 1. The van der Waals surface area contributed by atoms with Crippen molar-refractivity contribution in [1.29, 1.82) is 0 Å². The van der Waals surface area contributed by atoms with Gasteiger partial charge < -0.3 is 10.2 Å². The molecule has 0 aromatic heterocycles. The summed E-state index contributed by atoms with van der Waals surface area (Å²) >= 11 is 14.0. The van der Waals surface area contributed by atoms with Crippen LogP contribution in [0.3, 0.4) is 0 Å². The molecule has 2 aliphatic rings. The minimum absolute atomic E-state index is 0.138. The van der Waals surface area contributed by atoms with E-state index in [2.05, 4.69) is 5.32 Å². The Morgan fingerprint density at radius 2 is 2.23 bits per heavy atom. The van der Waals surface area contributed by atoms with Gasteiger partial charge in [0.2, 0.25) is 5.91 Å². The monoisotopic (exact) mass is 358 g/mol. The molecule has 2 saturated heterocycles. The quantitative estimate of drug-likeness (QED) is 0.892. The van der Waals surface area contributed by atoms with Crippen molar-refractivity contribution in [3.8, 4) is 0 Å². The molecule has 2 aliphatic heterocycles. The lowest BCUT2D eigenvalue weighted by molar-refractivity contribution is -0.132. The number of carbonyl (C=O) groups excluding carboxylic acids is 1. The molecule has 0 radical (unpaired) electrons. The van der Waals surface area contributed by atoms with Gasteiger partial charge in [-0.25, -0.2) is 0 Å². The van der Waals surface area contributed by atoms with Crippen LogP contribution < -0.4 is 5.32 Å². The first-order chi connectivity index (χ1) is 10.6. The molecule has 1 amide bonds. The molecule has 2 fully saturated rings. The number of amides is 1. The molecule has 3 nitrogen and oxygen atoms in total. The van der Waals surface area contributed by atoms with Crippen LogP contribution in [0.15, 0.2) is 18.2 Å². The average molecular weight is 359 g/mol. The number of nitrogens with one attached hydrogen (secondary N) is 1. The zero-order valence-corrected chi connectivity index (χ0v) is 14.7. The van der Waals surface area contributed by atoms with E-state index < -0.39 is 0 Å². The van der Waals surface area contributed by atoms with Crippen LogP contribution >= 0.6 is 35.0 Å². The Bertz CT molecular complexity index is 549. The summed E-state index contributed by atoms with van der Waals surface area (Å²) in [7, 11) is 0. The normalized spacial score (nSPS) is 25.5. The van der Waals surface area contributed by atoms with Gasteiger partial charge in [-0.05, 0) is 30.5 Å². The highest BCUT2D eigenvalue weighted by atomic mass is 35.5. The minimum atomic E-state index is 0.138. The molecule has 2 atom stereocenters. The molecule has 0 saturated carbocycles. The molecule has 0 spiro atoms. The lowest BCUT2D eigenvalue weighted by Gasteiger charge is -2.29. The third kappa shape index (κ3) is 3.73. The number of hydrogen-bond donors (Lipinski definition) is 1. The highest BCUT2D eigenvalue weighted by molar-refractivity contribution is 7.99. The van der Waals surface area contributed by atoms with Gasteiger partial charge in [0.25, 0.3) is 0 Å². The van der Waals surface area contributed by atoms with Crippen molar-refractivity contribution in [3.05, 3.63) is 33.8 Å². The maximum absolute atomic E-state index is 12.7. The van der Waals surface area contributed by atoms with Gasteiger partial charge in [-0.3, -0.25) is 4.79 Å². The number of halogens is 2. The van der Waals surface area contributed by atoms with Crippen LogP contribution in [0.5, 0.6) is 0 Å². The molecular formula is C16H20Cl2N2OS. The summed E-state index contributed by atoms with van der Waals surface area (Å²) in [5.74, 6) is 2.41. The summed E-state index contributed by atoms with van der Waals surface area (Å²) in [6, 6.07) is 6.15. The van der Waals surface area contributed by atoms with Crippen molar-refractivity contribution in [2.45, 2.75) is 31.3 Å². The van der Waals surface area contributed by atoms with Crippen LogP contribution in [0.2, 0.25) is 10.0 Å². The molecule has 0 bridgehead atoms. The first-order valence-corrected chi connectivity index (χ1v) is 9.62. The van der Waals surface area contributed by atoms with E-state index in [1.54, 1.807) is 0 Å². The third-order valence-corrected chi connectivity index (χ3v) is 6.19. The Kier molecular flexibility index (Phi) is 5.55. The summed E-state index contributed by atoms with van der Waals surface area (Å²) in [4.78, 5) is 14.7. The Morgan fingerprint density at radius 1 is 1.36 bits per heavy atom. The molecule has 2 unspecified atom stereocenters. The van der Waals surface area contributed by atoms with E-state index in [-0.39, 0.29) is 11.9 Å². The zero-order chi connectivity index (χ0) is 15.5. The van der Waals surface area contributed by atoms with Crippen LogP contribution in [0.1, 0.15) is 30.9 Å². The average Bonchev–Trinajstić information content (AvgIpc) is 3.01. The van der Waals surface area contributed by atoms with Crippen molar-refractivity contribution in [3.63, 3.8) is 0 Å². The number of carbonyl (C=O) groups is 1. The first-order valence-electron chi connectivity index (χ1n) is 7.70. The van der Waals surface area contributed by atoms with E-state index in [0.29, 0.717) is 22.5 Å². The van der Waals surface area contributed by atoms with Gasteiger partial charge in [0.1, 0.15) is 0 Å². The Hall–Kier alpha value is -0.420. The van der Waals surface area contributed by atoms with Gasteiger partial charge in [0.05, 0.1) is 16.1 Å². The van der Waals surface area contributed by atoms with E-state index in [1.807, 2.05) is 34.9 Å². The van der Waals surface area contributed by atoms with E-state index in [4.69, 9.17) is 23.2 Å². The summed E-state index contributed by atoms with van der Waals surface area (Å²) < 4.78 is 0. The van der Waals surface area contributed by atoms with Crippen LogP contribution in [-0.2, 0) is 4.79 Å². The SMILES string of the molecule is O=C(CC1CSCCN1)N1CCCC1c1ccc(Cl)c(Cl)c1. The summed E-state index contributed by atoms with van der Waals surface area (Å²) in [6.45, 7) is 1.84. The smallest absolute Gasteiger partial charge is 0.224 e. The fourth-order valence-electron chi connectivity index (χ4n) is 3.21. The number of rotatable bonds is 3. The number of benzene rings is 1. The van der Waals surface area contributed by atoms with Crippen molar-refractivity contribution in [1.82, 2.24) is 10.2 Å². The lowest BCUT2D eigenvalue weighted by atomic mass is 10.0. The molecule has 1 aromatic carbocycles. The largest absolute Gasteiger partial charge is 0.336 e. The molecule has 0 aliphatic carbocycles. The summed E-state index contributed by atoms with van der Waals surface area (Å²) in [5, 5.41) is 4.56. The molecule has 3 rings (SSSR count). The molecule has 6 heteroatoms. The van der Waals surface area contributed by atoms with E-state index >= 15 is 0 Å². The maximum atomic E-state index is 12.7. The van der Waals surface area contributed by atoms with Crippen molar-refractivity contribution >= 4 is 40.9 Å². The highest BCUT2D eigenvalue weighted by Crippen LogP contribution is 2.35. The molecule has 2 heterocycles. The standard InChI is InChI=1S/C16H20Cl2N2OS/c17-13-4-3-11(8-14(13)18)15-2-1-6-20(15)16(21)9-12-10-22-7-5-19-12/h3-4,8,12,15,19H,1-2,5-7,9-10H2.